The van der Waals surface area contributed by atoms with Gasteiger partial charge in [0, 0.05) is 29.1 Å². The molecular formula is C28H28N4O5. The van der Waals surface area contributed by atoms with E-state index in [-0.39, 0.29) is 17.6 Å². The average molecular weight is 501 g/mol. The van der Waals surface area contributed by atoms with Crippen LogP contribution in [0.3, 0.4) is 0 Å². The predicted molar refractivity (Wildman–Crippen MR) is 143 cm³/mol. The summed E-state index contributed by atoms with van der Waals surface area (Å²) in [6.07, 6.45) is -0.502. The van der Waals surface area contributed by atoms with Crippen LogP contribution >= 0.6 is 0 Å². The zero-order chi connectivity index (χ0) is 26.7. The van der Waals surface area contributed by atoms with Crippen LogP contribution in [0.2, 0.25) is 0 Å². The Morgan fingerprint density at radius 1 is 1.03 bits per heavy atom. The van der Waals surface area contributed by atoms with E-state index < -0.39 is 16.6 Å². The minimum atomic E-state index is -0.593. The lowest BCUT2D eigenvalue weighted by atomic mass is 9.99. The van der Waals surface area contributed by atoms with E-state index in [1.54, 1.807) is 20.8 Å². The number of carbonyl (C=O) groups excluding carboxylic acids is 2. The number of hydrogen-bond donors (Lipinski definition) is 3. The summed E-state index contributed by atoms with van der Waals surface area (Å²) in [5, 5.41) is 20.3. The van der Waals surface area contributed by atoms with E-state index in [0.717, 1.165) is 11.1 Å². The highest BCUT2D eigenvalue weighted by Crippen LogP contribution is 2.39. The van der Waals surface area contributed by atoms with E-state index in [4.69, 9.17) is 4.74 Å². The molecule has 3 N–H and O–H groups in total. The minimum absolute atomic E-state index is 0.101. The number of hydrogen-bond acceptors (Lipinski definition) is 6. The summed E-state index contributed by atoms with van der Waals surface area (Å²) in [4.78, 5) is 36.0. The summed E-state index contributed by atoms with van der Waals surface area (Å²) in [6, 6.07) is 20.7. The standard InChI is InChI=1S/C28H28N4O5/c1-17(29-27(34)37-28(2,3)4)18-10-12-20(13-11-18)30-25(19-8-6-5-7-9-19)24-22-16-21(32(35)36)14-15-23(22)31-26(24)33/h5-17,30H,1-4H3,(H,29,34)(H,31,33)/b25-24-/t17-/m0/s1. The van der Waals surface area contributed by atoms with E-state index in [1.165, 1.54) is 18.2 Å². The van der Waals surface area contributed by atoms with Crippen molar-refractivity contribution in [2.45, 2.75) is 39.3 Å². The third-order valence-electron chi connectivity index (χ3n) is 5.68. The molecule has 1 atom stereocenters. The van der Waals surface area contributed by atoms with Crippen molar-refractivity contribution in [3.8, 4) is 0 Å². The van der Waals surface area contributed by atoms with E-state index in [9.17, 15) is 19.7 Å². The van der Waals surface area contributed by atoms with Gasteiger partial charge in [0.15, 0.2) is 0 Å². The Morgan fingerprint density at radius 3 is 2.32 bits per heavy atom. The number of ether oxygens (including phenoxy) is 1. The molecule has 190 valence electrons. The molecule has 0 aliphatic carbocycles. The van der Waals surface area contributed by atoms with Gasteiger partial charge in [-0.15, -0.1) is 0 Å². The molecule has 0 bridgehead atoms. The number of alkyl carbamates (subject to hydrolysis) is 1. The number of anilines is 2. The van der Waals surface area contributed by atoms with Gasteiger partial charge < -0.3 is 20.7 Å². The van der Waals surface area contributed by atoms with Crippen LogP contribution in [-0.2, 0) is 9.53 Å². The van der Waals surface area contributed by atoms with Crippen LogP contribution in [0.4, 0.5) is 21.9 Å². The highest BCUT2D eigenvalue weighted by atomic mass is 16.6. The van der Waals surface area contributed by atoms with Crippen molar-refractivity contribution in [1.29, 1.82) is 0 Å². The highest BCUT2D eigenvalue weighted by molar-refractivity contribution is 6.37. The number of rotatable bonds is 6. The summed E-state index contributed by atoms with van der Waals surface area (Å²) < 4.78 is 5.33. The van der Waals surface area contributed by atoms with Crippen molar-refractivity contribution >= 4 is 40.3 Å². The Kier molecular flexibility index (Phi) is 6.97. The quantitative estimate of drug-likeness (QED) is 0.213. The van der Waals surface area contributed by atoms with E-state index in [2.05, 4.69) is 16.0 Å². The Labute approximate surface area is 214 Å². The number of nitro benzene ring substituents is 1. The van der Waals surface area contributed by atoms with Gasteiger partial charge in [-0.25, -0.2) is 4.79 Å². The molecule has 0 fully saturated rings. The van der Waals surface area contributed by atoms with Gasteiger partial charge in [-0.2, -0.15) is 0 Å². The Hall–Kier alpha value is -4.66. The summed E-state index contributed by atoms with van der Waals surface area (Å²) >= 11 is 0. The zero-order valence-electron chi connectivity index (χ0n) is 21.0. The molecule has 1 aliphatic rings. The molecule has 1 heterocycles. The molecule has 0 aromatic heterocycles. The summed E-state index contributed by atoms with van der Waals surface area (Å²) in [5.74, 6) is -0.353. The molecular weight excluding hydrogens is 472 g/mol. The molecule has 0 radical (unpaired) electrons. The fourth-order valence-corrected chi connectivity index (χ4v) is 3.97. The molecule has 9 heteroatoms. The molecule has 0 saturated heterocycles. The van der Waals surface area contributed by atoms with Crippen molar-refractivity contribution in [2.75, 3.05) is 10.6 Å². The Morgan fingerprint density at radius 2 is 1.70 bits per heavy atom. The van der Waals surface area contributed by atoms with Crippen LogP contribution in [0.25, 0.3) is 11.3 Å². The van der Waals surface area contributed by atoms with Crippen molar-refractivity contribution < 1.29 is 19.2 Å². The van der Waals surface area contributed by atoms with Crippen LogP contribution in [0.5, 0.6) is 0 Å². The van der Waals surface area contributed by atoms with Crippen molar-refractivity contribution in [3.05, 3.63) is 99.6 Å². The number of benzene rings is 3. The lowest BCUT2D eigenvalue weighted by molar-refractivity contribution is -0.384. The van der Waals surface area contributed by atoms with E-state index >= 15 is 0 Å². The lowest BCUT2D eigenvalue weighted by Crippen LogP contribution is -2.34. The van der Waals surface area contributed by atoms with Gasteiger partial charge in [0.05, 0.1) is 22.2 Å². The monoisotopic (exact) mass is 500 g/mol. The van der Waals surface area contributed by atoms with Crippen LogP contribution in [0.1, 0.15) is 50.4 Å². The maximum atomic E-state index is 13.0. The van der Waals surface area contributed by atoms with Gasteiger partial charge in [-0.05, 0) is 57.0 Å². The average Bonchev–Trinajstić information content (AvgIpc) is 3.16. The van der Waals surface area contributed by atoms with Gasteiger partial charge >= 0.3 is 6.09 Å². The Balaban J connectivity index is 1.66. The number of nitrogens with one attached hydrogen (secondary N) is 3. The second kappa shape index (κ2) is 10.1. The summed E-state index contributed by atoms with van der Waals surface area (Å²) in [6.45, 7) is 7.27. The van der Waals surface area contributed by atoms with E-state index in [1.807, 2.05) is 61.5 Å². The first-order valence-electron chi connectivity index (χ1n) is 11.8. The first kappa shape index (κ1) is 25.4. The molecule has 0 saturated carbocycles. The highest BCUT2D eigenvalue weighted by Gasteiger charge is 2.30. The molecule has 1 aliphatic heterocycles. The molecule has 2 amide bonds. The van der Waals surface area contributed by atoms with Crippen molar-refractivity contribution in [2.24, 2.45) is 0 Å². The minimum Gasteiger partial charge on any atom is -0.444 e. The molecule has 3 aromatic carbocycles. The fourth-order valence-electron chi connectivity index (χ4n) is 3.97. The first-order chi connectivity index (χ1) is 17.5. The third-order valence-corrected chi connectivity index (χ3v) is 5.68. The number of non-ortho nitro benzene ring substituents is 1. The zero-order valence-corrected chi connectivity index (χ0v) is 21.0. The Bertz CT molecular complexity index is 1380. The molecule has 0 unspecified atom stereocenters. The number of nitrogens with zero attached hydrogens (tertiary/aromatic N) is 1. The van der Waals surface area contributed by atoms with Crippen LogP contribution < -0.4 is 16.0 Å². The maximum absolute atomic E-state index is 13.0. The van der Waals surface area contributed by atoms with E-state index in [0.29, 0.717) is 28.2 Å². The van der Waals surface area contributed by atoms with Gasteiger partial charge in [0.25, 0.3) is 11.6 Å². The van der Waals surface area contributed by atoms with Crippen molar-refractivity contribution in [3.63, 3.8) is 0 Å². The molecule has 37 heavy (non-hydrogen) atoms. The number of amides is 2. The van der Waals surface area contributed by atoms with Crippen molar-refractivity contribution in [1.82, 2.24) is 5.32 Å². The lowest BCUT2D eigenvalue weighted by Gasteiger charge is -2.22. The van der Waals surface area contributed by atoms with Gasteiger partial charge in [0.1, 0.15) is 5.60 Å². The molecule has 9 nitrogen and oxygen atoms in total. The van der Waals surface area contributed by atoms with Gasteiger partial charge in [0.2, 0.25) is 0 Å². The van der Waals surface area contributed by atoms with Gasteiger partial charge in [-0.3, -0.25) is 14.9 Å². The second-order valence-electron chi connectivity index (χ2n) is 9.67. The second-order valence-corrected chi connectivity index (χ2v) is 9.67. The fraction of sp³-hybridized carbons (Fsp3) is 0.214. The summed E-state index contributed by atoms with van der Waals surface area (Å²) in [7, 11) is 0. The SMILES string of the molecule is C[C@H](NC(=O)OC(C)(C)C)c1ccc(N/C(=C2\C(=O)Nc3ccc([N+](=O)[O-])cc32)c2ccccc2)cc1. The normalized spacial score (nSPS) is 14.8. The number of carbonyl (C=O) groups is 2. The molecule has 0 spiro atoms. The maximum Gasteiger partial charge on any atom is 0.408 e. The summed E-state index contributed by atoms with van der Waals surface area (Å²) in [5.41, 5.74) is 3.42. The van der Waals surface area contributed by atoms with Gasteiger partial charge in [-0.1, -0.05) is 42.5 Å². The predicted octanol–water partition coefficient (Wildman–Crippen LogP) is 6.11. The molecule has 4 rings (SSSR count). The largest absolute Gasteiger partial charge is 0.444 e. The smallest absolute Gasteiger partial charge is 0.408 e. The van der Waals surface area contributed by atoms with Crippen LogP contribution in [-0.4, -0.2) is 22.5 Å². The van der Waals surface area contributed by atoms with Crippen LogP contribution in [0, 0.1) is 10.1 Å². The number of fused-ring (bicyclic) bond motifs is 1. The van der Waals surface area contributed by atoms with Crippen LogP contribution in [0.15, 0.2) is 72.8 Å². The number of nitro groups is 1. The first-order valence-corrected chi connectivity index (χ1v) is 11.8. The third kappa shape index (κ3) is 5.95. The molecule has 3 aromatic rings. The topological polar surface area (TPSA) is 123 Å².